The number of carbonyl (C=O) groups is 1. The second kappa shape index (κ2) is 6.68. The van der Waals surface area contributed by atoms with Gasteiger partial charge in [0.15, 0.2) is 0 Å². The number of benzene rings is 1. The van der Waals surface area contributed by atoms with Crippen molar-refractivity contribution in [1.82, 2.24) is 0 Å². The quantitative estimate of drug-likeness (QED) is 0.373. The van der Waals surface area contributed by atoms with Gasteiger partial charge in [-0.3, -0.25) is 0 Å². The zero-order valence-electron chi connectivity index (χ0n) is 8.51. The van der Waals surface area contributed by atoms with E-state index in [9.17, 15) is 4.79 Å². The van der Waals surface area contributed by atoms with Crippen LogP contribution in [0.4, 0.5) is 0 Å². The van der Waals surface area contributed by atoms with Gasteiger partial charge in [0.1, 0.15) is 6.10 Å². The molecule has 0 spiro atoms. The zero-order valence-corrected chi connectivity index (χ0v) is 10.5. The van der Waals surface area contributed by atoms with Crippen LogP contribution in [0.3, 0.4) is 0 Å². The number of phenols is 2. The summed E-state index contributed by atoms with van der Waals surface area (Å²) in [4.78, 5) is 9.45. The van der Waals surface area contributed by atoms with Crippen LogP contribution in [-0.4, -0.2) is 60.4 Å². The van der Waals surface area contributed by atoms with E-state index in [-0.39, 0.29) is 11.5 Å². The third-order valence-corrected chi connectivity index (χ3v) is 2.11. The molecule has 1 aromatic rings. The van der Waals surface area contributed by atoms with E-state index in [1.807, 2.05) is 0 Å². The maximum absolute atomic E-state index is 9.45. The zero-order chi connectivity index (χ0) is 12.0. The molecule has 5 nitrogen and oxygen atoms in total. The normalized spacial score (nSPS) is 11.2. The first-order chi connectivity index (χ1) is 6.84. The second-order valence-corrected chi connectivity index (χ2v) is 4.16. The summed E-state index contributed by atoms with van der Waals surface area (Å²) in [6, 6.07) is 4.86. The average molecular weight is 222 g/mol. The summed E-state index contributed by atoms with van der Waals surface area (Å²) in [7, 11) is 0. The number of aliphatic carboxylic acids is 1. The fourth-order valence-electron chi connectivity index (χ4n) is 0.633. The van der Waals surface area contributed by atoms with Gasteiger partial charge in [0, 0.05) is 0 Å². The number of rotatable bonds is 1. The molecule has 0 aliphatic carbocycles. The maximum atomic E-state index is 9.45. The predicted molar refractivity (Wildman–Crippen MR) is 54.5 cm³/mol. The summed E-state index contributed by atoms with van der Waals surface area (Å²) in [6.07, 6.45) is -1.23. The van der Waals surface area contributed by atoms with Crippen LogP contribution in [-0.2, 0) is 4.79 Å². The molecule has 1 unspecified atom stereocenters. The molecule has 0 saturated carbocycles. The molecule has 0 bridgehead atoms. The van der Waals surface area contributed by atoms with Crippen LogP contribution in [0.1, 0.15) is 6.92 Å². The first-order valence-corrected chi connectivity index (χ1v) is 5.24. The van der Waals surface area contributed by atoms with Crippen LogP contribution in [0.2, 0.25) is 0 Å². The third kappa shape index (κ3) is 6.35. The minimum absolute atomic E-state index is 0.0255. The molecule has 0 saturated heterocycles. The Morgan fingerprint density at radius 2 is 1.80 bits per heavy atom. The number of aromatic hydroxyl groups is 2. The number of hydrogen-bond donors (Lipinski definition) is 4. The Morgan fingerprint density at radius 3 is 2.07 bits per heavy atom. The molecule has 4 N–H and O–H groups in total. The van der Waals surface area contributed by atoms with Gasteiger partial charge in [-0.15, -0.1) is 0 Å². The Bertz CT molecular complexity index is 337. The van der Waals surface area contributed by atoms with Crippen molar-refractivity contribution in [3.05, 3.63) is 18.2 Å². The predicted octanol–water partition coefficient (Wildman–Crippen LogP) is -0.657. The standard InChI is InChI=1S/C6H5O2.C3H6O3.Na/c7-5-3-1-2-4-6(5)8;1-2(4)3(5)6;/h1,3-4,7-8H;2,4H,1H3,(H,5,6);. The van der Waals surface area contributed by atoms with Crippen molar-refractivity contribution in [3.8, 4) is 11.5 Å². The van der Waals surface area contributed by atoms with Crippen LogP contribution in [0.5, 0.6) is 11.5 Å². The Kier molecular flexibility index (Phi) is 6.35. The van der Waals surface area contributed by atoms with Crippen molar-refractivity contribution in [1.29, 1.82) is 0 Å². The Morgan fingerprint density at radius 1 is 1.33 bits per heavy atom. The van der Waals surface area contributed by atoms with Crippen LogP contribution in [0.15, 0.2) is 18.2 Å². The van der Waals surface area contributed by atoms with Crippen LogP contribution in [0, 0.1) is 0 Å². The molecule has 0 aliphatic heterocycles. The number of carboxylic acid groups (broad SMARTS) is 1. The molecule has 0 amide bonds. The molecule has 1 aromatic carbocycles. The summed E-state index contributed by atoms with van der Waals surface area (Å²) in [6.45, 7) is 1.20. The summed E-state index contributed by atoms with van der Waals surface area (Å²) < 4.78 is 1.07. The Balaban J connectivity index is 0.000000288. The van der Waals surface area contributed by atoms with Gasteiger partial charge in [0.2, 0.25) is 0 Å². The SMILES string of the molecule is CC(O)C(=O)O.Oc1cc[c]([Na])cc1O. The number of aliphatic hydroxyl groups is 1. The van der Waals surface area contributed by atoms with Crippen molar-refractivity contribution < 1.29 is 25.2 Å². The van der Waals surface area contributed by atoms with E-state index in [1.54, 1.807) is 12.1 Å². The van der Waals surface area contributed by atoms with E-state index in [4.69, 9.17) is 20.4 Å². The van der Waals surface area contributed by atoms with E-state index in [0.29, 0.717) is 0 Å². The van der Waals surface area contributed by atoms with Crippen LogP contribution in [0.25, 0.3) is 0 Å². The van der Waals surface area contributed by atoms with Gasteiger partial charge in [-0.2, -0.15) is 0 Å². The van der Waals surface area contributed by atoms with Crippen molar-refractivity contribution >= 4 is 36.7 Å². The van der Waals surface area contributed by atoms with Crippen molar-refractivity contribution in [2.24, 2.45) is 0 Å². The van der Waals surface area contributed by atoms with Gasteiger partial charge in [-0.1, -0.05) is 0 Å². The minimum atomic E-state index is -1.23. The van der Waals surface area contributed by atoms with Crippen molar-refractivity contribution in [2.75, 3.05) is 0 Å². The third-order valence-electron chi connectivity index (χ3n) is 1.49. The number of carboxylic acids is 1. The number of phenolic OH excluding ortho intramolecular Hbond substituents is 2. The second-order valence-electron chi connectivity index (χ2n) is 3.01. The first kappa shape index (κ1) is 14.2. The fourth-order valence-corrected chi connectivity index (χ4v) is 1.07. The topological polar surface area (TPSA) is 98.0 Å². The molecule has 1 rings (SSSR count). The number of hydrogen-bond acceptors (Lipinski definition) is 4. The van der Waals surface area contributed by atoms with E-state index >= 15 is 0 Å². The van der Waals surface area contributed by atoms with Gasteiger partial charge < -0.3 is 10.2 Å². The monoisotopic (exact) mass is 222 g/mol. The molecule has 0 aromatic heterocycles. The Hall–Kier alpha value is -0.750. The molecule has 1 atom stereocenters. The molecule has 0 fully saturated rings. The summed E-state index contributed by atoms with van der Waals surface area (Å²) in [5.74, 6) is -1.26. The molecule has 0 heterocycles. The molecule has 0 aliphatic rings. The molecule has 78 valence electrons. The van der Waals surface area contributed by atoms with E-state index < -0.39 is 12.1 Å². The molecular formula is C9H11NaO5. The molecule has 15 heavy (non-hydrogen) atoms. The van der Waals surface area contributed by atoms with Gasteiger partial charge in [0.05, 0.1) is 0 Å². The van der Waals surface area contributed by atoms with E-state index in [2.05, 4.69) is 0 Å². The van der Waals surface area contributed by atoms with Gasteiger partial charge in [0.25, 0.3) is 0 Å². The van der Waals surface area contributed by atoms with Crippen molar-refractivity contribution in [2.45, 2.75) is 13.0 Å². The van der Waals surface area contributed by atoms with Gasteiger partial charge in [-0.25, -0.2) is 4.79 Å². The van der Waals surface area contributed by atoms with Gasteiger partial charge >= 0.3 is 76.6 Å². The molecule has 6 heteroatoms. The summed E-state index contributed by atoms with van der Waals surface area (Å²) in [5.41, 5.74) is 0. The first-order valence-electron chi connectivity index (χ1n) is 4.24. The van der Waals surface area contributed by atoms with Crippen LogP contribution >= 0.6 is 0 Å². The van der Waals surface area contributed by atoms with E-state index in [1.165, 1.54) is 13.0 Å². The number of aliphatic hydroxyl groups excluding tert-OH is 1. The summed E-state index contributed by atoms with van der Waals surface area (Å²) in [5, 5.41) is 33.5. The fraction of sp³-hybridized carbons (Fsp3) is 0.222. The van der Waals surface area contributed by atoms with Crippen molar-refractivity contribution in [3.63, 3.8) is 0 Å². The molecule has 0 radical (unpaired) electrons. The average Bonchev–Trinajstić information content (AvgIpc) is 2.13. The summed E-state index contributed by atoms with van der Waals surface area (Å²) >= 11 is 0.899. The van der Waals surface area contributed by atoms with Gasteiger partial charge in [-0.05, 0) is 6.92 Å². The molecular weight excluding hydrogens is 211 g/mol. The van der Waals surface area contributed by atoms with E-state index in [0.717, 1.165) is 30.7 Å². The van der Waals surface area contributed by atoms with Crippen LogP contribution < -0.4 is 2.81 Å². The Labute approximate surface area is 104 Å².